The van der Waals surface area contributed by atoms with Crippen molar-refractivity contribution in [3.63, 3.8) is 0 Å². The zero-order valence-corrected chi connectivity index (χ0v) is 12.8. The monoisotopic (exact) mass is 311 g/mol. The average molecular weight is 312 g/mol. The minimum atomic E-state index is 0.195. The highest BCUT2D eigenvalue weighted by Gasteiger charge is 2.17. The van der Waals surface area contributed by atoms with E-state index >= 15 is 0 Å². The molecular weight excluding hydrogens is 294 g/mol. The topological polar surface area (TPSA) is 58.4 Å². The van der Waals surface area contributed by atoms with Crippen molar-refractivity contribution in [1.82, 2.24) is 4.90 Å². The maximum Gasteiger partial charge on any atom is 0.224 e. The van der Waals surface area contributed by atoms with Gasteiger partial charge in [-0.05, 0) is 31.0 Å². The van der Waals surface area contributed by atoms with Crippen LogP contribution in [0.5, 0.6) is 0 Å². The third-order valence-corrected chi connectivity index (χ3v) is 3.82. The van der Waals surface area contributed by atoms with E-state index < -0.39 is 0 Å². The summed E-state index contributed by atoms with van der Waals surface area (Å²) in [7, 11) is 0. The molecule has 1 aromatic rings. The number of nitrogens with zero attached hydrogens (tertiary/aromatic N) is 1. The quantitative estimate of drug-likeness (QED) is 0.820. The lowest BCUT2D eigenvalue weighted by Crippen LogP contribution is -2.29. The number of thiocarbonyl (C=S) groups is 1. The van der Waals surface area contributed by atoms with Crippen molar-refractivity contribution in [3.8, 4) is 0 Å². The molecular formula is C14H18ClN3OS. The Morgan fingerprint density at radius 1 is 1.40 bits per heavy atom. The van der Waals surface area contributed by atoms with E-state index in [9.17, 15) is 4.79 Å². The van der Waals surface area contributed by atoms with Gasteiger partial charge in [-0.2, -0.15) is 0 Å². The molecule has 0 unspecified atom stereocenters. The maximum absolute atomic E-state index is 11.9. The van der Waals surface area contributed by atoms with Crippen LogP contribution in [-0.4, -0.2) is 35.4 Å². The van der Waals surface area contributed by atoms with Crippen molar-refractivity contribution in [2.75, 3.05) is 25.0 Å². The fourth-order valence-corrected chi connectivity index (χ4v) is 2.64. The number of anilines is 1. The summed E-state index contributed by atoms with van der Waals surface area (Å²) in [4.78, 5) is 14.1. The van der Waals surface area contributed by atoms with Gasteiger partial charge in [0, 0.05) is 42.3 Å². The molecule has 0 atom stereocenters. The number of nitrogens with two attached hydrogens (primary N) is 1. The first-order valence-corrected chi connectivity index (χ1v) is 7.47. The number of hydrogen-bond donors (Lipinski definition) is 2. The van der Waals surface area contributed by atoms with Gasteiger partial charge in [0.1, 0.15) is 4.99 Å². The van der Waals surface area contributed by atoms with Gasteiger partial charge in [-0.25, -0.2) is 0 Å². The van der Waals surface area contributed by atoms with E-state index in [0.717, 1.165) is 31.6 Å². The van der Waals surface area contributed by atoms with Gasteiger partial charge < -0.3 is 16.0 Å². The van der Waals surface area contributed by atoms with E-state index in [-0.39, 0.29) is 5.91 Å². The number of hydrogen-bond acceptors (Lipinski definition) is 3. The molecule has 4 nitrogen and oxygen atoms in total. The molecule has 0 saturated carbocycles. The molecule has 1 aliphatic rings. The fraction of sp³-hybridized carbons (Fsp3) is 0.429. The SMILES string of the molecule is NC(=S)c1cc(Cl)ccc1NCCC(=O)N1CCCC1. The highest BCUT2D eigenvalue weighted by molar-refractivity contribution is 7.80. The molecule has 2 rings (SSSR count). The molecule has 1 saturated heterocycles. The van der Waals surface area contributed by atoms with Crippen LogP contribution in [0.2, 0.25) is 5.02 Å². The highest BCUT2D eigenvalue weighted by Crippen LogP contribution is 2.20. The van der Waals surface area contributed by atoms with Gasteiger partial charge in [0.05, 0.1) is 0 Å². The zero-order chi connectivity index (χ0) is 14.5. The van der Waals surface area contributed by atoms with Crippen LogP contribution in [0.3, 0.4) is 0 Å². The molecule has 0 radical (unpaired) electrons. The van der Waals surface area contributed by atoms with Crippen molar-refractivity contribution < 1.29 is 4.79 Å². The number of halogens is 1. The smallest absolute Gasteiger partial charge is 0.224 e. The third kappa shape index (κ3) is 3.84. The molecule has 3 N–H and O–H groups in total. The summed E-state index contributed by atoms with van der Waals surface area (Å²) >= 11 is 10.9. The molecule has 20 heavy (non-hydrogen) atoms. The Labute approximate surface area is 129 Å². The normalized spacial score (nSPS) is 14.3. The third-order valence-electron chi connectivity index (χ3n) is 3.36. The number of amides is 1. The predicted molar refractivity (Wildman–Crippen MR) is 86.3 cm³/mol. The standard InChI is InChI=1S/C14H18ClN3OS/c15-10-3-4-12(11(9-10)14(16)20)17-6-5-13(19)18-7-1-2-8-18/h3-4,9,17H,1-2,5-8H2,(H2,16,20). The van der Waals surface area contributed by atoms with Crippen LogP contribution >= 0.6 is 23.8 Å². The van der Waals surface area contributed by atoms with Crippen LogP contribution in [0.15, 0.2) is 18.2 Å². The van der Waals surface area contributed by atoms with Crippen molar-refractivity contribution in [3.05, 3.63) is 28.8 Å². The number of benzene rings is 1. The van der Waals surface area contributed by atoms with E-state index in [1.807, 2.05) is 11.0 Å². The Bertz CT molecular complexity index is 515. The summed E-state index contributed by atoms with van der Waals surface area (Å²) in [6, 6.07) is 5.33. The van der Waals surface area contributed by atoms with Gasteiger partial charge in [-0.3, -0.25) is 4.79 Å². The number of carbonyl (C=O) groups is 1. The van der Waals surface area contributed by atoms with E-state index in [2.05, 4.69) is 5.32 Å². The van der Waals surface area contributed by atoms with Crippen LogP contribution in [-0.2, 0) is 4.79 Å². The molecule has 1 heterocycles. The first-order chi connectivity index (χ1) is 9.58. The summed E-state index contributed by atoms with van der Waals surface area (Å²) in [6.07, 6.45) is 2.70. The lowest BCUT2D eigenvalue weighted by atomic mass is 10.1. The minimum Gasteiger partial charge on any atom is -0.389 e. The Balaban J connectivity index is 1.90. The van der Waals surface area contributed by atoms with Crippen molar-refractivity contribution in [1.29, 1.82) is 0 Å². The molecule has 0 aromatic heterocycles. The molecule has 108 valence electrons. The van der Waals surface area contributed by atoms with Gasteiger partial charge in [0.25, 0.3) is 0 Å². The Morgan fingerprint density at radius 2 is 2.10 bits per heavy atom. The van der Waals surface area contributed by atoms with Crippen molar-refractivity contribution in [2.45, 2.75) is 19.3 Å². The van der Waals surface area contributed by atoms with Crippen LogP contribution in [0.1, 0.15) is 24.8 Å². The molecule has 1 fully saturated rings. The number of rotatable bonds is 5. The van der Waals surface area contributed by atoms with Crippen molar-refractivity contribution in [2.24, 2.45) is 5.73 Å². The zero-order valence-electron chi connectivity index (χ0n) is 11.2. The summed E-state index contributed by atoms with van der Waals surface area (Å²) in [5, 5.41) is 3.79. The van der Waals surface area contributed by atoms with Crippen LogP contribution in [0.25, 0.3) is 0 Å². The first kappa shape index (κ1) is 15.1. The molecule has 1 amide bonds. The van der Waals surface area contributed by atoms with Gasteiger partial charge in [0.2, 0.25) is 5.91 Å². The lowest BCUT2D eigenvalue weighted by molar-refractivity contribution is -0.129. The molecule has 6 heteroatoms. The summed E-state index contributed by atoms with van der Waals surface area (Å²) < 4.78 is 0. The van der Waals surface area contributed by atoms with E-state index in [1.165, 1.54) is 0 Å². The Morgan fingerprint density at radius 3 is 2.75 bits per heavy atom. The molecule has 1 aliphatic heterocycles. The first-order valence-electron chi connectivity index (χ1n) is 6.69. The lowest BCUT2D eigenvalue weighted by Gasteiger charge is -2.16. The second-order valence-corrected chi connectivity index (χ2v) is 5.70. The predicted octanol–water partition coefficient (Wildman–Crippen LogP) is 2.40. The van der Waals surface area contributed by atoms with Crippen LogP contribution in [0, 0.1) is 0 Å². The Kier molecular flexibility index (Phi) is 5.20. The molecule has 0 bridgehead atoms. The second-order valence-electron chi connectivity index (χ2n) is 4.82. The summed E-state index contributed by atoms with van der Waals surface area (Å²) in [5.41, 5.74) is 7.20. The number of carbonyl (C=O) groups excluding carboxylic acids is 1. The van der Waals surface area contributed by atoms with Crippen LogP contribution in [0.4, 0.5) is 5.69 Å². The highest BCUT2D eigenvalue weighted by atomic mass is 35.5. The minimum absolute atomic E-state index is 0.195. The largest absolute Gasteiger partial charge is 0.389 e. The molecule has 0 spiro atoms. The maximum atomic E-state index is 11.9. The summed E-state index contributed by atoms with van der Waals surface area (Å²) in [6.45, 7) is 2.34. The molecule has 1 aromatic carbocycles. The van der Waals surface area contributed by atoms with Crippen molar-refractivity contribution >= 4 is 40.4 Å². The average Bonchev–Trinajstić information content (AvgIpc) is 2.94. The molecule has 0 aliphatic carbocycles. The van der Waals surface area contributed by atoms with E-state index in [0.29, 0.717) is 28.5 Å². The number of likely N-dealkylation sites (tertiary alicyclic amines) is 1. The van der Waals surface area contributed by atoms with Gasteiger partial charge in [-0.1, -0.05) is 23.8 Å². The second kappa shape index (κ2) is 6.90. The fourth-order valence-electron chi connectivity index (χ4n) is 2.30. The number of nitrogens with one attached hydrogen (secondary N) is 1. The van der Waals surface area contributed by atoms with Gasteiger partial charge in [-0.15, -0.1) is 0 Å². The summed E-state index contributed by atoms with van der Waals surface area (Å²) in [5.74, 6) is 0.195. The van der Waals surface area contributed by atoms with Gasteiger partial charge in [0.15, 0.2) is 0 Å². The van der Waals surface area contributed by atoms with E-state index in [1.54, 1.807) is 12.1 Å². The Hall–Kier alpha value is -1.33. The van der Waals surface area contributed by atoms with Gasteiger partial charge >= 0.3 is 0 Å². The van der Waals surface area contributed by atoms with E-state index in [4.69, 9.17) is 29.6 Å². The van der Waals surface area contributed by atoms with Crippen LogP contribution < -0.4 is 11.1 Å².